The summed E-state index contributed by atoms with van der Waals surface area (Å²) < 4.78 is 5.08. The lowest BCUT2D eigenvalue weighted by molar-refractivity contribution is -0.139. The predicted octanol–water partition coefficient (Wildman–Crippen LogP) is 0.513. The number of nitrogens with zero attached hydrogens (tertiary/aromatic N) is 1. The van der Waals surface area contributed by atoms with Gasteiger partial charge in [0.05, 0.1) is 19.3 Å². The molecule has 1 unspecified atom stereocenters. The van der Waals surface area contributed by atoms with E-state index in [9.17, 15) is 9.59 Å². The second-order valence-electron chi connectivity index (χ2n) is 4.11. The van der Waals surface area contributed by atoms with E-state index < -0.39 is 0 Å². The molecule has 0 aromatic rings. The molecule has 5 heteroatoms. The molecule has 1 amide bonds. The molecular formula is C10H15NO3S. The molecule has 0 saturated carbocycles. The van der Waals surface area contributed by atoms with Gasteiger partial charge in [0.1, 0.15) is 0 Å². The lowest BCUT2D eigenvalue weighted by atomic mass is 10.1. The molecule has 0 N–H and O–H groups in total. The summed E-state index contributed by atoms with van der Waals surface area (Å²) in [4.78, 5) is 24.4. The molecule has 2 heterocycles. The van der Waals surface area contributed by atoms with Gasteiger partial charge in [-0.3, -0.25) is 9.59 Å². The highest BCUT2D eigenvalue weighted by atomic mass is 32.2. The van der Waals surface area contributed by atoms with Crippen LogP contribution in [0.5, 0.6) is 0 Å². The van der Waals surface area contributed by atoms with Crippen molar-refractivity contribution in [2.24, 2.45) is 5.92 Å². The SMILES string of the molecule is CC(=O)SCC1CC(=O)N(C2COC2)C1. The fourth-order valence-electron chi connectivity index (χ4n) is 1.91. The normalized spacial score (nSPS) is 26.9. The van der Waals surface area contributed by atoms with Crippen LogP contribution in [0.3, 0.4) is 0 Å². The molecule has 2 aliphatic heterocycles. The van der Waals surface area contributed by atoms with Crippen LogP contribution in [0, 0.1) is 5.92 Å². The van der Waals surface area contributed by atoms with Crippen molar-refractivity contribution in [1.29, 1.82) is 0 Å². The first kappa shape index (κ1) is 11.0. The highest BCUT2D eigenvalue weighted by Crippen LogP contribution is 2.26. The first-order valence-corrected chi connectivity index (χ1v) is 6.16. The highest BCUT2D eigenvalue weighted by Gasteiger charge is 2.37. The lowest BCUT2D eigenvalue weighted by Gasteiger charge is -2.34. The molecular weight excluding hydrogens is 214 g/mol. The summed E-state index contributed by atoms with van der Waals surface area (Å²) in [7, 11) is 0. The van der Waals surface area contributed by atoms with Crippen molar-refractivity contribution in [3.8, 4) is 0 Å². The zero-order valence-electron chi connectivity index (χ0n) is 8.77. The minimum Gasteiger partial charge on any atom is -0.377 e. The van der Waals surface area contributed by atoms with Crippen LogP contribution in [0.25, 0.3) is 0 Å². The zero-order valence-corrected chi connectivity index (χ0v) is 9.59. The maximum atomic E-state index is 11.6. The quantitative estimate of drug-likeness (QED) is 0.707. The van der Waals surface area contributed by atoms with Crippen LogP contribution < -0.4 is 0 Å². The summed E-state index contributed by atoms with van der Waals surface area (Å²) >= 11 is 1.32. The summed E-state index contributed by atoms with van der Waals surface area (Å²) in [5, 5.41) is 0.132. The molecule has 0 aromatic carbocycles. The van der Waals surface area contributed by atoms with E-state index in [0.717, 1.165) is 12.3 Å². The number of ether oxygens (including phenoxy) is 1. The van der Waals surface area contributed by atoms with Crippen LogP contribution in [0.1, 0.15) is 13.3 Å². The molecule has 0 radical (unpaired) electrons. The number of likely N-dealkylation sites (tertiary alicyclic amines) is 1. The predicted molar refractivity (Wildman–Crippen MR) is 57.6 cm³/mol. The Morgan fingerprint density at radius 3 is 2.87 bits per heavy atom. The van der Waals surface area contributed by atoms with Crippen molar-refractivity contribution in [2.45, 2.75) is 19.4 Å². The number of carbonyl (C=O) groups excluding carboxylic acids is 2. The topological polar surface area (TPSA) is 46.6 Å². The van der Waals surface area contributed by atoms with Crippen LogP contribution in [-0.2, 0) is 14.3 Å². The van der Waals surface area contributed by atoms with Gasteiger partial charge in [-0.25, -0.2) is 0 Å². The van der Waals surface area contributed by atoms with E-state index in [2.05, 4.69) is 0 Å². The van der Waals surface area contributed by atoms with Crippen molar-refractivity contribution >= 4 is 22.8 Å². The number of hydrogen-bond donors (Lipinski definition) is 0. The largest absolute Gasteiger partial charge is 0.377 e. The van der Waals surface area contributed by atoms with E-state index in [1.807, 2.05) is 4.90 Å². The minimum absolute atomic E-state index is 0.132. The second kappa shape index (κ2) is 4.53. The number of amides is 1. The fraction of sp³-hybridized carbons (Fsp3) is 0.800. The van der Waals surface area contributed by atoms with E-state index in [1.165, 1.54) is 11.8 Å². The Morgan fingerprint density at radius 2 is 2.33 bits per heavy atom. The molecule has 0 aliphatic carbocycles. The summed E-state index contributed by atoms with van der Waals surface area (Å²) in [6.45, 7) is 3.72. The molecule has 2 rings (SSSR count). The van der Waals surface area contributed by atoms with Crippen molar-refractivity contribution in [2.75, 3.05) is 25.5 Å². The molecule has 0 aromatic heterocycles. The highest BCUT2D eigenvalue weighted by molar-refractivity contribution is 8.13. The number of hydrogen-bond acceptors (Lipinski definition) is 4. The summed E-state index contributed by atoms with van der Waals surface area (Å²) in [5.74, 6) is 1.33. The van der Waals surface area contributed by atoms with Crippen molar-refractivity contribution < 1.29 is 14.3 Å². The average molecular weight is 229 g/mol. The Kier molecular flexibility index (Phi) is 3.31. The van der Waals surface area contributed by atoms with Crippen LogP contribution >= 0.6 is 11.8 Å². The first-order valence-electron chi connectivity index (χ1n) is 5.17. The van der Waals surface area contributed by atoms with Crippen molar-refractivity contribution in [1.82, 2.24) is 4.90 Å². The van der Waals surface area contributed by atoms with Crippen LogP contribution in [0.15, 0.2) is 0 Å². The van der Waals surface area contributed by atoms with Crippen LogP contribution in [0.4, 0.5) is 0 Å². The van der Waals surface area contributed by atoms with Crippen molar-refractivity contribution in [3.63, 3.8) is 0 Å². The molecule has 0 bridgehead atoms. The van der Waals surface area contributed by atoms with Crippen LogP contribution in [0.2, 0.25) is 0 Å². The molecule has 2 fully saturated rings. The molecule has 15 heavy (non-hydrogen) atoms. The lowest BCUT2D eigenvalue weighted by Crippen LogP contribution is -2.49. The smallest absolute Gasteiger partial charge is 0.223 e. The third kappa shape index (κ3) is 2.52. The van der Waals surface area contributed by atoms with Crippen LogP contribution in [-0.4, -0.2) is 47.5 Å². The second-order valence-corrected chi connectivity index (χ2v) is 5.31. The Morgan fingerprint density at radius 1 is 1.60 bits per heavy atom. The van der Waals surface area contributed by atoms with E-state index in [0.29, 0.717) is 31.6 Å². The monoisotopic (exact) mass is 229 g/mol. The third-order valence-electron chi connectivity index (χ3n) is 2.82. The van der Waals surface area contributed by atoms with Gasteiger partial charge >= 0.3 is 0 Å². The Hall–Kier alpha value is -0.550. The maximum Gasteiger partial charge on any atom is 0.223 e. The summed E-state index contributed by atoms with van der Waals surface area (Å²) in [5.41, 5.74) is 0. The summed E-state index contributed by atoms with van der Waals surface area (Å²) in [6, 6.07) is 0.296. The summed E-state index contributed by atoms with van der Waals surface area (Å²) in [6.07, 6.45) is 0.594. The Bertz CT molecular complexity index is 278. The van der Waals surface area contributed by atoms with E-state index in [-0.39, 0.29) is 11.0 Å². The van der Waals surface area contributed by atoms with Gasteiger partial charge in [-0.2, -0.15) is 0 Å². The molecule has 0 spiro atoms. The number of thioether (sulfide) groups is 1. The number of rotatable bonds is 3. The fourth-order valence-corrected chi connectivity index (χ4v) is 2.61. The van der Waals surface area contributed by atoms with Gasteiger partial charge in [0.25, 0.3) is 0 Å². The molecule has 2 aliphatic rings. The molecule has 2 saturated heterocycles. The Labute approximate surface area is 93.3 Å². The average Bonchev–Trinajstić information content (AvgIpc) is 2.42. The van der Waals surface area contributed by atoms with Gasteiger partial charge in [0, 0.05) is 25.6 Å². The molecule has 84 valence electrons. The van der Waals surface area contributed by atoms with Gasteiger partial charge in [-0.15, -0.1) is 0 Å². The van der Waals surface area contributed by atoms with Crippen molar-refractivity contribution in [3.05, 3.63) is 0 Å². The maximum absolute atomic E-state index is 11.6. The first-order chi connectivity index (χ1) is 7.16. The van der Waals surface area contributed by atoms with E-state index >= 15 is 0 Å². The van der Waals surface area contributed by atoms with Gasteiger partial charge in [-0.05, 0) is 5.92 Å². The third-order valence-corrected chi connectivity index (χ3v) is 3.87. The Balaban J connectivity index is 1.80. The molecule has 4 nitrogen and oxygen atoms in total. The van der Waals surface area contributed by atoms with Gasteiger partial charge in [-0.1, -0.05) is 11.8 Å². The zero-order chi connectivity index (χ0) is 10.8. The van der Waals surface area contributed by atoms with Gasteiger partial charge in [0.2, 0.25) is 5.91 Å². The van der Waals surface area contributed by atoms with E-state index in [4.69, 9.17) is 4.74 Å². The van der Waals surface area contributed by atoms with E-state index in [1.54, 1.807) is 6.92 Å². The standard InChI is InChI=1S/C10H15NO3S/c1-7(12)15-6-8-2-10(13)11(3-8)9-4-14-5-9/h8-9H,2-6H2,1H3. The molecule has 1 atom stereocenters. The minimum atomic E-state index is 0.132. The van der Waals surface area contributed by atoms with Gasteiger partial charge in [0.15, 0.2) is 5.12 Å². The van der Waals surface area contributed by atoms with Gasteiger partial charge < -0.3 is 9.64 Å². The number of carbonyl (C=O) groups is 2.